The molecule has 1 aromatic heterocycles. The Bertz CT molecular complexity index is 322. The Balaban J connectivity index is 2.28. The third-order valence-corrected chi connectivity index (χ3v) is 2.56. The van der Waals surface area contributed by atoms with Crippen molar-refractivity contribution in [3.8, 4) is 0 Å². The molecule has 1 aromatic rings. The predicted octanol–water partition coefficient (Wildman–Crippen LogP) is 1.91. The molecule has 0 aliphatic rings. The number of rotatable bonds is 5. The molecular weight excluding hydrogens is 214 g/mol. The summed E-state index contributed by atoms with van der Waals surface area (Å²) in [5, 5.41) is 1.76. The summed E-state index contributed by atoms with van der Waals surface area (Å²) in [5.41, 5.74) is 6.04. The number of hydrogen-bond acceptors (Lipinski definition) is 5. The molecule has 1 rings (SSSR count). The smallest absolute Gasteiger partial charge is 0.350 e. The highest BCUT2D eigenvalue weighted by Crippen LogP contribution is 2.19. The van der Waals surface area contributed by atoms with Crippen molar-refractivity contribution in [3.63, 3.8) is 0 Å². The van der Waals surface area contributed by atoms with E-state index in [0.717, 1.165) is 0 Å². The van der Waals surface area contributed by atoms with Crippen LogP contribution in [0.2, 0.25) is 0 Å². The van der Waals surface area contributed by atoms with E-state index >= 15 is 0 Å². The molecular formula is C10H15NO3S. The van der Waals surface area contributed by atoms with Crippen LogP contribution in [0.1, 0.15) is 23.5 Å². The molecule has 84 valence electrons. The van der Waals surface area contributed by atoms with Crippen molar-refractivity contribution in [2.45, 2.75) is 20.0 Å². The Morgan fingerprint density at radius 1 is 1.53 bits per heavy atom. The van der Waals surface area contributed by atoms with Gasteiger partial charge >= 0.3 is 5.97 Å². The minimum Gasteiger partial charge on any atom is -0.459 e. The molecule has 0 spiro atoms. The molecule has 1 heterocycles. The van der Waals surface area contributed by atoms with Crippen molar-refractivity contribution < 1.29 is 14.3 Å². The molecule has 0 saturated carbocycles. The Kier molecular flexibility index (Phi) is 4.58. The van der Waals surface area contributed by atoms with Crippen LogP contribution in [0, 0.1) is 0 Å². The summed E-state index contributed by atoms with van der Waals surface area (Å²) >= 11 is 1.28. The van der Waals surface area contributed by atoms with Gasteiger partial charge in [0.1, 0.15) is 11.5 Å². The van der Waals surface area contributed by atoms with E-state index in [1.54, 1.807) is 11.4 Å². The van der Waals surface area contributed by atoms with Gasteiger partial charge in [0.2, 0.25) is 0 Å². The Morgan fingerprint density at radius 2 is 2.27 bits per heavy atom. The largest absolute Gasteiger partial charge is 0.459 e. The van der Waals surface area contributed by atoms with Crippen LogP contribution in [0.4, 0.5) is 5.69 Å². The van der Waals surface area contributed by atoms with E-state index < -0.39 is 0 Å². The van der Waals surface area contributed by atoms with Gasteiger partial charge in [-0.3, -0.25) is 0 Å². The lowest BCUT2D eigenvalue weighted by Gasteiger charge is -2.07. The van der Waals surface area contributed by atoms with Crippen LogP contribution in [0.15, 0.2) is 11.4 Å². The topological polar surface area (TPSA) is 61.5 Å². The van der Waals surface area contributed by atoms with Crippen LogP contribution in [-0.2, 0) is 9.47 Å². The van der Waals surface area contributed by atoms with E-state index in [1.807, 2.05) is 13.8 Å². The third-order valence-electron chi connectivity index (χ3n) is 1.65. The zero-order valence-corrected chi connectivity index (χ0v) is 9.67. The number of nitrogen functional groups attached to an aromatic ring is 1. The highest BCUT2D eigenvalue weighted by molar-refractivity contribution is 7.12. The number of esters is 1. The van der Waals surface area contributed by atoms with Crippen molar-refractivity contribution in [1.82, 2.24) is 0 Å². The Hall–Kier alpha value is -1.07. The summed E-state index contributed by atoms with van der Waals surface area (Å²) in [6.45, 7) is 4.53. The highest BCUT2D eigenvalue weighted by Gasteiger charge is 2.12. The normalized spacial score (nSPS) is 10.6. The molecule has 5 heteroatoms. The predicted molar refractivity (Wildman–Crippen MR) is 60.1 cm³/mol. The molecule has 0 bridgehead atoms. The van der Waals surface area contributed by atoms with Crippen LogP contribution < -0.4 is 5.73 Å². The van der Waals surface area contributed by atoms with E-state index in [0.29, 0.717) is 17.2 Å². The number of carbonyl (C=O) groups is 1. The van der Waals surface area contributed by atoms with E-state index in [-0.39, 0.29) is 18.7 Å². The maximum atomic E-state index is 11.4. The minimum atomic E-state index is -0.380. The summed E-state index contributed by atoms with van der Waals surface area (Å²) in [6.07, 6.45) is 0.149. The number of ether oxygens (including phenoxy) is 2. The number of hydrogen-bond donors (Lipinski definition) is 1. The zero-order valence-electron chi connectivity index (χ0n) is 8.86. The van der Waals surface area contributed by atoms with Gasteiger partial charge in [-0.1, -0.05) is 0 Å². The number of carbonyl (C=O) groups excluding carboxylic acids is 1. The zero-order chi connectivity index (χ0) is 11.3. The molecule has 0 amide bonds. The highest BCUT2D eigenvalue weighted by atomic mass is 32.1. The molecule has 0 atom stereocenters. The molecule has 0 radical (unpaired) electrons. The van der Waals surface area contributed by atoms with Crippen molar-refractivity contribution in [2.75, 3.05) is 18.9 Å². The van der Waals surface area contributed by atoms with Crippen molar-refractivity contribution >= 4 is 23.0 Å². The van der Waals surface area contributed by atoms with Crippen LogP contribution in [0.5, 0.6) is 0 Å². The van der Waals surface area contributed by atoms with Gasteiger partial charge in [-0.15, -0.1) is 11.3 Å². The molecule has 15 heavy (non-hydrogen) atoms. The lowest BCUT2D eigenvalue weighted by atomic mass is 10.4. The fourth-order valence-corrected chi connectivity index (χ4v) is 1.68. The van der Waals surface area contributed by atoms with Crippen LogP contribution in [0.25, 0.3) is 0 Å². The molecule has 0 unspecified atom stereocenters. The first kappa shape index (κ1) is 12.0. The van der Waals surface area contributed by atoms with Gasteiger partial charge in [-0.25, -0.2) is 4.79 Å². The summed E-state index contributed by atoms with van der Waals surface area (Å²) < 4.78 is 10.2. The quantitative estimate of drug-likeness (QED) is 0.619. The number of thiophene rings is 1. The van der Waals surface area contributed by atoms with E-state index in [2.05, 4.69) is 0 Å². The van der Waals surface area contributed by atoms with Gasteiger partial charge in [0.05, 0.1) is 18.4 Å². The fourth-order valence-electron chi connectivity index (χ4n) is 0.969. The molecule has 0 aliphatic heterocycles. The van der Waals surface area contributed by atoms with Crippen molar-refractivity contribution in [2.24, 2.45) is 0 Å². The first-order valence-corrected chi connectivity index (χ1v) is 5.61. The maximum Gasteiger partial charge on any atom is 0.350 e. The summed E-state index contributed by atoms with van der Waals surface area (Å²) in [6, 6.07) is 1.69. The SMILES string of the molecule is CC(C)OCCOC(=O)c1sccc1N. The number of nitrogens with two attached hydrogens (primary N) is 1. The molecule has 2 N–H and O–H groups in total. The minimum absolute atomic E-state index is 0.149. The molecule has 0 aromatic carbocycles. The van der Waals surface area contributed by atoms with Crippen LogP contribution >= 0.6 is 11.3 Å². The first-order chi connectivity index (χ1) is 7.11. The van der Waals surface area contributed by atoms with E-state index in [1.165, 1.54) is 11.3 Å². The Morgan fingerprint density at radius 3 is 2.80 bits per heavy atom. The van der Waals surface area contributed by atoms with Crippen molar-refractivity contribution in [3.05, 3.63) is 16.3 Å². The molecule has 4 nitrogen and oxygen atoms in total. The van der Waals surface area contributed by atoms with E-state index in [9.17, 15) is 4.79 Å². The third kappa shape index (κ3) is 3.89. The second-order valence-electron chi connectivity index (χ2n) is 3.26. The monoisotopic (exact) mass is 229 g/mol. The van der Waals surface area contributed by atoms with Gasteiger partial charge in [0, 0.05) is 0 Å². The summed E-state index contributed by atoms with van der Waals surface area (Å²) in [4.78, 5) is 11.9. The first-order valence-electron chi connectivity index (χ1n) is 4.73. The Labute approximate surface area is 93.0 Å². The molecule has 0 aliphatic carbocycles. The van der Waals surface area contributed by atoms with E-state index in [4.69, 9.17) is 15.2 Å². The van der Waals surface area contributed by atoms with Crippen molar-refractivity contribution in [1.29, 1.82) is 0 Å². The fraction of sp³-hybridized carbons (Fsp3) is 0.500. The maximum absolute atomic E-state index is 11.4. The average molecular weight is 229 g/mol. The van der Waals surface area contributed by atoms with Crippen LogP contribution in [-0.4, -0.2) is 25.3 Å². The van der Waals surface area contributed by atoms with Gasteiger partial charge in [-0.2, -0.15) is 0 Å². The summed E-state index contributed by atoms with van der Waals surface area (Å²) in [5.74, 6) is -0.380. The van der Waals surface area contributed by atoms with Gasteiger partial charge in [0.25, 0.3) is 0 Å². The average Bonchev–Trinajstić information content (AvgIpc) is 2.58. The van der Waals surface area contributed by atoms with Gasteiger partial charge in [0.15, 0.2) is 0 Å². The molecule has 0 saturated heterocycles. The standard InChI is InChI=1S/C10H15NO3S/c1-7(2)13-4-5-14-10(12)9-8(11)3-6-15-9/h3,6-7H,4-5,11H2,1-2H3. The van der Waals surface area contributed by atoms with Gasteiger partial charge in [-0.05, 0) is 25.3 Å². The second-order valence-corrected chi connectivity index (χ2v) is 4.18. The summed E-state index contributed by atoms with van der Waals surface area (Å²) in [7, 11) is 0. The lowest BCUT2D eigenvalue weighted by molar-refractivity contribution is 0.0181. The molecule has 0 fully saturated rings. The van der Waals surface area contributed by atoms with Gasteiger partial charge < -0.3 is 15.2 Å². The number of anilines is 1. The lowest BCUT2D eigenvalue weighted by Crippen LogP contribution is -2.13. The second kappa shape index (κ2) is 5.72. The van der Waals surface area contributed by atoms with Crippen LogP contribution in [0.3, 0.4) is 0 Å².